The monoisotopic (exact) mass is 514 g/mol. The van der Waals surface area contributed by atoms with Gasteiger partial charge in [-0.2, -0.15) is 0 Å². The van der Waals surface area contributed by atoms with Crippen LogP contribution in [0.3, 0.4) is 0 Å². The van der Waals surface area contributed by atoms with Crippen molar-refractivity contribution in [1.29, 1.82) is 0 Å². The summed E-state index contributed by atoms with van der Waals surface area (Å²) >= 11 is 0. The van der Waals surface area contributed by atoms with Gasteiger partial charge in [0, 0.05) is 24.2 Å². The number of anilines is 1. The lowest BCUT2D eigenvalue weighted by atomic mass is 9.98. The van der Waals surface area contributed by atoms with Gasteiger partial charge in [0.05, 0.1) is 25.5 Å². The molecular formula is C28H30N6O4. The number of aliphatic carboxylic acids is 1. The molecule has 4 rings (SSSR count). The Morgan fingerprint density at radius 1 is 1.05 bits per heavy atom. The van der Waals surface area contributed by atoms with Crippen LogP contribution >= 0.6 is 0 Å². The van der Waals surface area contributed by atoms with E-state index in [2.05, 4.69) is 25.9 Å². The number of hydrogen-bond acceptors (Lipinski definition) is 7. The maximum Gasteiger partial charge on any atom is 0.326 e. The molecule has 3 N–H and O–H groups in total. The molecule has 10 nitrogen and oxygen atoms in total. The zero-order chi connectivity index (χ0) is 27.2. The second kappa shape index (κ2) is 11.5. The third-order valence-corrected chi connectivity index (χ3v) is 6.11. The number of hydrogen-bond donors (Lipinski definition) is 3. The molecule has 0 unspecified atom stereocenters. The lowest BCUT2D eigenvalue weighted by molar-refractivity contribution is -0.139. The fraction of sp³-hybridized carbons (Fsp3) is 0.250. The van der Waals surface area contributed by atoms with E-state index in [9.17, 15) is 14.7 Å². The Balaban J connectivity index is 1.39. The molecule has 0 spiro atoms. The number of carbonyl (C=O) groups is 2. The number of pyridine rings is 1. The van der Waals surface area contributed by atoms with Crippen molar-refractivity contribution in [2.45, 2.75) is 39.8 Å². The third kappa shape index (κ3) is 6.33. The molecule has 1 amide bonds. The maximum atomic E-state index is 12.9. The number of amides is 1. The number of carbonyl (C=O) groups excluding carboxylic acids is 1. The molecule has 0 fully saturated rings. The van der Waals surface area contributed by atoms with E-state index in [1.807, 2.05) is 57.2 Å². The number of carboxylic acids is 1. The van der Waals surface area contributed by atoms with Gasteiger partial charge in [0.1, 0.15) is 23.3 Å². The fourth-order valence-electron chi connectivity index (χ4n) is 4.31. The average Bonchev–Trinajstić information content (AvgIpc) is 3.36. The third-order valence-electron chi connectivity index (χ3n) is 6.11. The summed E-state index contributed by atoms with van der Waals surface area (Å²) < 4.78 is 6.84. The summed E-state index contributed by atoms with van der Waals surface area (Å²) in [4.78, 5) is 29.1. The van der Waals surface area contributed by atoms with Crippen molar-refractivity contribution in [3.63, 3.8) is 0 Å². The van der Waals surface area contributed by atoms with Crippen LogP contribution in [0.1, 0.15) is 38.3 Å². The molecule has 0 saturated heterocycles. The van der Waals surface area contributed by atoms with E-state index >= 15 is 0 Å². The SMILES string of the molecule is COc1ccnc(NCc2cn(-c3ccc(C[C@H](NC(=O)c4c(C)cc(C)cc4C)C(=O)O)cc3)nn2)c1. The molecule has 1 atom stereocenters. The van der Waals surface area contributed by atoms with Crippen LogP contribution in [0.25, 0.3) is 5.69 Å². The van der Waals surface area contributed by atoms with Gasteiger partial charge in [0.25, 0.3) is 5.91 Å². The summed E-state index contributed by atoms with van der Waals surface area (Å²) in [6.45, 7) is 6.09. The predicted molar refractivity (Wildman–Crippen MR) is 143 cm³/mol. The van der Waals surface area contributed by atoms with Crippen LogP contribution < -0.4 is 15.4 Å². The maximum absolute atomic E-state index is 12.9. The summed E-state index contributed by atoms with van der Waals surface area (Å²) in [5.74, 6) is -0.118. The number of nitrogens with zero attached hydrogens (tertiary/aromatic N) is 4. The summed E-state index contributed by atoms with van der Waals surface area (Å²) in [5.41, 5.74) is 5.45. The number of nitrogens with one attached hydrogen (secondary N) is 2. The molecule has 38 heavy (non-hydrogen) atoms. The summed E-state index contributed by atoms with van der Waals surface area (Å²) in [6.07, 6.45) is 3.60. The summed E-state index contributed by atoms with van der Waals surface area (Å²) in [7, 11) is 1.60. The Hall–Kier alpha value is -4.73. The quantitative estimate of drug-likeness (QED) is 0.292. The molecule has 0 radical (unpaired) electrons. The zero-order valence-electron chi connectivity index (χ0n) is 21.7. The van der Waals surface area contributed by atoms with E-state index in [1.165, 1.54) is 0 Å². The largest absolute Gasteiger partial charge is 0.497 e. The smallest absolute Gasteiger partial charge is 0.326 e. The van der Waals surface area contributed by atoms with E-state index in [-0.39, 0.29) is 6.42 Å². The molecule has 0 aliphatic heterocycles. The van der Waals surface area contributed by atoms with Gasteiger partial charge in [-0.3, -0.25) is 4.79 Å². The molecule has 196 valence electrons. The van der Waals surface area contributed by atoms with Crippen molar-refractivity contribution in [2.24, 2.45) is 0 Å². The van der Waals surface area contributed by atoms with Crippen molar-refractivity contribution in [1.82, 2.24) is 25.3 Å². The van der Waals surface area contributed by atoms with Gasteiger partial charge in [-0.05, 0) is 55.7 Å². The molecular weight excluding hydrogens is 484 g/mol. The average molecular weight is 515 g/mol. The number of ether oxygens (including phenoxy) is 1. The van der Waals surface area contributed by atoms with Crippen LogP contribution in [-0.2, 0) is 17.8 Å². The molecule has 2 aromatic heterocycles. The molecule has 10 heteroatoms. The van der Waals surface area contributed by atoms with Crippen LogP contribution in [0.5, 0.6) is 5.75 Å². The van der Waals surface area contributed by atoms with E-state index in [1.54, 1.807) is 36.3 Å². The van der Waals surface area contributed by atoms with Gasteiger partial charge in [-0.1, -0.05) is 35.0 Å². The van der Waals surface area contributed by atoms with Crippen molar-refractivity contribution < 1.29 is 19.4 Å². The molecule has 0 saturated carbocycles. The van der Waals surface area contributed by atoms with Crippen LogP contribution in [0.15, 0.2) is 60.9 Å². The second-order valence-electron chi connectivity index (χ2n) is 9.10. The number of carboxylic acid groups (broad SMARTS) is 1. The first-order valence-corrected chi connectivity index (χ1v) is 12.1. The minimum Gasteiger partial charge on any atom is -0.497 e. The lowest BCUT2D eigenvalue weighted by Crippen LogP contribution is -2.42. The second-order valence-corrected chi connectivity index (χ2v) is 9.10. The molecule has 0 aliphatic carbocycles. The van der Waals surface area contributed by atoms with Gasteiger partial charge in [0.2, 0.25) is 0 Å². The summed E-state index contributed by atoms with van der Waals surface area (Å²) in [6, 6.07) is 13.6. The normalized spacial score (nSPS) is 11.6. The first-order valence-electron chi connectivity index (χ1n) is 12.1. The Morgan fingerprint density at radius 3 is 2.42 bits per heavy atom. The van der Waals surface area contributed by atoms with Crippen LogP contribution in [0.4, 0.5) is 5.82 Å². The lowest BCUT2D eigenvalue weighted by Gasteiger charge is -2.17. The number of aryl methyl sites for hydroxylation is 3. The highest BCUT2D eigenvalue weighted by Gasteiger charge is 2.23. The van der Waals surface area contributed by atoms with E-state index in [4.69, 9.17) is 4.74 Å². The van der Waals surface area contributed by atoms with Gasteiger partial charge in [-0.15, -0.1) is 5.10 Å². The van der Waals surface area contributed by atoms with Gasteiger partial charge in [0.15, 0.2) is 0 Å². The fourth-order valence-corrected chi connectivity index (χ4v) is 4.31. The number of aromatic nitrogens is 4. The summed E-state index contributed by atoms with van der Waals surface area (Å²) in [5, 5.41) is 24.0. The zero-order valence-corrected chi connectivity index (χ0v) is 21.7. The van der Waals surface area contributed by atoms with Gasteiger partial charge >= 0.3 is 5.97 Å². The van der Waals surface area contributed by atoms with Crippen LogP contribution in [0, 0.1) is 20.8 Å². The van der Waals surface area contributed by atoms with Gasteiger partial charge in [-0.25, -0.2) is 14.5 Å². The Labute approximate surface area is 220 Å². The number of benzene rings is 2. The van der Waals surface area contributed by atoms with Crippen molar-refractivity contribution >= 4 is 17.7 Å². The molecule has 2 aromatic carbocycles. The molecule has 4 aromatic rings. The van der Waals surface area contributed by atoms with E-state index < -0.39 is 17.9 Å². The predicted octanol–water partition coefficient (Wildman–Crippen LogP) is 3.63. The first-order chi connectivity index (χ1) is 18.2. The number of rotatable bonds is 10. The van der Waals surface area contributed by atoms with Crippen molar-refractivity contribution in [3.05, 3.63) is 94.4 Å². The Bertz CT molecular complexity index is 1420. The topological polar surface area (TPSA) is 131 Å². The highest BCUT2D eigenvalue weighted by molar-refractivity contribution is 5.99. The van der Waals surface area contributed by atoms with E-state index in [0.717, 1.165) is 27.9 Å². The highest BCUT2D eigenvalue weighted by atomic mass is 16.5. The molecule has 2 heterocycles. The Kier molecular flexibility index (Phi) is 8.00. The highest BCUT2D eigenvalue weighted by Crippen LogP contribution is 2.18. The van der Waals surface area contributed by atoms with Crippen molar-refractivity contribution in [3.8, 4) is 11.4 Å². The van der Waals surface area contributed by atoms with Crippen molar-refractivity contribution in [2.75, 3.05) is 12.4 Å². The molecule has 0 bridgehead atoms. The van der Waals surface area contributed by atoms with Crippen LogP contribution in [0.2, 0.25) is 0 Å². The first kappa shape index (κ1) is 26.3. The minimum absolute atomic E-state index is 0.144. The standard InChI is InChI=1S/C28H30N6O4/c1-17-11-18(2)26(19(3)12-17)27(35)31-24(28(36)37)13-20-5-7-22(8-6-20)34-16-21(32-33-34)15-30-25-14-23(38-4)9-10-29-25/h5-12,14,16,24H,13,15H2,1-4H3,(H,29,30)(H,31,35)(H,36,37)/t24-/m0/s1. The van der Waals surface area contributed by atoms with Gasteiger partial charge < -0.3 is 20.5 Å². The number of methoxy groups -OCH3 is 1. The Morgan fingerprint density at radius 2 is 1.76 bits per heavy atom. The molecule has 0 aliphatic rings. The van der Waals surface area contributed by atoms with E-state index in [0.29, 0.717) is 29.4 Å². The van der Waals surface area contributed by atoms with Crippen LogP contribution in [-0.4, -0.2) is 50.1 Å². The minimum atomic E-state index is -1.09.